The van der Waals surface area contributed by atoms with Crippen molar-refractivity contribution in [3.05, 3.63) is 49.8 Å². The van der Waals surface area contributed by atoms with Crippen LogP contribution in [0.15, 0.2) is 23.3 Å². The molecule has 0 amide bonds. The molecule has 0 saturated heterocycles. The van der Waals surface area contributed by atoms with Crippen molar-refractivity contribution in [1.29, 1.82) is 0 Å². The standard InChI is InChI=1S/C20H19ClN2O5S/c1-3-26-20(25)17-11(2)15-18(29-17)22-10-23(19(15)24)9-12-7-13(21)16-14(8-12)27-5-4-6-28-16/h7-8,10H,3-6,9H2,1-2H3. The number of aryl methyl sites for hydroxylation is 1. The van der Waals surface area contributed by atoms with Crippen LogP contribution in [0.4, 0.5) is 0 Å². The molecular formula is C20H19ClN2O5S. The predicted molar refractivity (Wildman–Crippen MR) is 111 cm³/mol. The number of thiophene rings is 1. The molecule has 0 saturated carbocycles. The number of aromatic nitrogens is 2. The number of carbonyl (C=O) groups is 1. The van der Waals surface area contributed by atoms with Crippen molar-refractivity contribution in [3.8, 4) is 11.5 Å². The van der Waals surface area contributed by atoms with Crippen LogP contribution in [-0.4, -0.2) is 35.3 Å². The third-order valence-corrected chi connectivity index (χ3v) is 6.05. The first-order valence-corrected chi connectivity index (χ1v) is 10.4. The van der Waals surface area contributed by atoms with Gasteiger partial charge in [-0.15, -0.1) is 11.3 Å². The van der Waals surface area contributed by atoms with Gasteiger partial charge in [0.05, 0.1) is 43.1 Å². The van der Waals surface area contributed by atoms with Crippen molar-refractivity contribution < 1.29 is 19.0 Å². The zero-order valence-corrected chi connectivity index (χ0v) is 17.6. The lowest BCUT2D eigenvalue weighted by Gasteiger charge is -2.12. The van der Waals surface area contributed by atoms with E-state index in [0.29, 0.717) is 50.4 Å². The van der Waals surface area contributed by atoms with E-state index in [0.717, 1.165) is 12.0 Å². The van der Waals surface area contributed by atoms with Crippen LogP contribution < -0.4 is 15.0 Å². The highest BCUT2D eigenvalue weighted by atomic mass is 35.5. The van der Waals surface area contributed by atoms with E-state index in [2.05, 4.69) is 4.98 Å². The summed E-state index contributed by atoms with van der Waals surface area (Å²) in [5.74, 6) is 0.665. The number of hydrogen-bond acceptors (Lipinski definition) is 7. The molecule has 4 rings (SSSR count). The van der Waals surface area contributed by atoms with Gasteiger partial charge in [0.2, 0.25) is 0 Å². The van der Waals surface area contributed by atoms with Gasteiger partial charge in [0.25, 0.3) is 5.56 Å². The molecule has 1 aliphatic rings. The van der Waals surface area contributed by atoms with Crippen molar-refractivity contribution in [1.82, 2.24) is 9.55 Å². The van der Waals surface area contributed by atoms with Crippen molar-refractivity contribution in [3.63, 3.8) is 0 Å². The molecule has 29 heavy (non-hydrogen) atoms. The van der Waals surface area contributed by atoms with E-state index in [1.165, 1.54) is 22.2 Å². The van der Waals surface area contributed by atoms with Gasteiger partial charge in [-0.05, 0) is 37.1 Å². The monoisotopic (exact) mass is 434 g/mol. The fourth-order valence-corrected chi connectivity index (χ4v) is 4.56. The van der Waals surface area contributed by atoms with E-state index >= 15 is 0 Å². The third-order valence-electron chi connectivity index (χ3n) is 4.59. The van der Waals surface area contributed by atoms with Crippen LogP contribution in [0.2, 0.25) is 5.02 Å². The molecule has 1 aromatic carbocycles. The summed E-state index contributed by atoms with van der Waals surface area (Å²) in [4.78, 5) is 30.5. The third kappa shape index (κ3) is 3.70. The van der Waals surface area contributed by atoms with Crippen LogP contribution in [0.25, 0.3) is 10.2 Å². The van der Waals surface area contributed by atoms with Crippen LogP contribution >= 0.6 is 22.9 Å². The molecule has 0 fully saturated rings. The molecule has 2 aromatic heterocycles. The van der Waals surface area contributed by atoms with Gasteiger partial charge in [0.15, 0.2) is 11.5 Å². The fourth-order valence-electron chi connectivity index (χ4n) is 3.24. The van der Waals surface area contributed by atoms with Gasteiger partial charge in [0, 0.05) is 6.42 Å². The normalized spacial score (nSPS) is 13.3. The molecule has 0 atom stereocenters. The maximum Gasteiger partial charge on any atom is 0.348 e. The molecule has 0 radical (unpaired) electrons. The van der Waals surface area contributed by atoms with Gasteiger partial charge in [-0.2, -0.15) is 0 Å². The average Bonchev–Trinajstić information content (AvgIpc) is 2.86. The van der Waals surface area contributed by atoms with Crippen molar-refractivity contribution in [2.75, 3.05) is 19.8 Å². The Kier molecular flexibility index (Phi) is 5.47. The Bertz CT molecular complexity index is 1150. The van der Waals surface area contributed by atoms with E-state index < -0.39 is 5.97 Å². The van der Waals surface area contributed by atoms with Gasteiger partial charge in [-0.1, -0.05) is 11.6 Å². The molecular weight excluding hydrogens is 416 g/mol. The summed E-state index contributed by atoms with van der Waals surface area (Å²) in [6.07, 6.45) is 2.26. The van der Waals surface area contributed by atoms with E-state index in [4.69, 9.17) is 25.8 Å². The van der Waals surface area contributed by atoms with Crippen molar-refractivity contribution >= 4 is 39.1 Å². The zero-order chi connectivity index (χ0) is 20.5. The lowest BCUT2D eigenvalue weighted by molar-refractivity contribution is 0.0531. The lowest BCUT2D eigenvalue weighted by Crippen LogP contribution is -2.21. The number of esters is 1. The van der Waals surface area contributed by atoms with E-state index in [9.17, 15) is 9.59 Å². The van der Waals surface area contributed by atoms with Crippen LogP contribution in [0.5, 0.6) is 11.5 Å². The number of nitrogens with zero attached hydrogens (tertiary/aromatic N) is 2. The minimum Gasteiger partial charge on any atom is -0.489 e. The highest BCUT2D eigenvalue weighted by Gasteiger charge is 2.21. The predicted octanol–water partition coefficient (Wildman–Crippen LogP) is 3.81. The number of rotatable bonds is 4. The van der Waals surface area contributed by atoms with Gasteiger partial charge in [-0.25, -0.2) is 9.78 Å². The Hall–Kier alpha value is -2.58. The van der Waals surface area contributed by atoms with E-state index in [1.807, 2.05) is 6.07 Å². The molecule has 7 nitrogen and oxygen atoms in total. The summed E-state index contributed by atoms with van der Waals surface area (Å²) in [7, 11) is 0. The Morgan fingerprint density at radius 1 is 1.34 bits per heavy atom. The molecule has 0 N–H and O–H groups in total. The fraction of sp³-hybridized carbons (Fsp3) is 0.350. The Labute approximate surface area is 175 Å². The molecule has 152 valence electrons. The topological polar surface area (TPSA) is 79.7 Å². The van der Waals surface area contributed by atoms with Crippen LogP contribution in [-0.2, 0) is 11.3 Å². The van der Waals surface area contributed by atoms with Crippen molar-refractivity contribution in [2.45, 2.75) is 26.8 Å². The second kappa shape index (κ2) is 8.04. The summed E-state index contributed by atoms with van der Waals surface area (Å²) < 4.78 is 17.9. The average molecular weight is 435 g/mol. The maximum atomic E-state index is 13.1. The number of benzene rings is 1. The first-order valence-electron chi connectivity index (χ1n) is 9.23. The highest BCUT2D eigenvalue weighted by molar-refractivity contribution is 7.20. The summed E-state index contributed by atoms with van der Waals surface area (Å²) in [6, 6.07) is 3.59. The number of halogens is 1. The van der Waals surface area contributed by atoms with E-state index in [-0.39, 0.29) is 18.7 Å². The molecule has 0 unspecified atom stereocenters. The van der Waals surface area contributed by atoms with E-state index in [1.54, 1.807) is 19.9 Å². The number of carbonyl (C=O) groups excluding carboxylic acids is 1. The first kappa shape index (κ1) is 19.7. The van der Waals surface area contributed by atoms with Gasteiger partial charge < -0.3 is 14.2 Å². The molecule has 1 aliphatic heterocycles. The summed E-state index contributed by atoms with van der Waals surface area (Å²) in [6.45, 7) is 5.11. The second-order valence-corrected chi connectivity index (χ2v) is 8.00. The number of fused-ring (bicyclic) bond motifs is 2. The van der Waals surface area contributed by atoms with Crippen LogP contribution in [0.1, 0.15) is 34.1 Å². The van der Waals surface area contributed by atoms with Crippen LogP contribution in [0, 0.1) is 6.92 Å². The molecule has 3 heterocycles. The largest absolute Gasteiger partial charge is 0.489 e. The van der Waals surface area contributed by atoms with Gasteiger partial charge in [-0.3, -0.25) is 9.36 Å². The summed E-state index contributed by atoms with van der Waals surface area (Å²) >= 11 is 7.52. The Balaban J connectivity index is 1.72. The zero-order valence-electron chi connectivity index (χ0n) is 16.0. The van der Waals surface area contributed by atoms with Gasteiger partial charge >= 0.3 is 5.97 Å². The molecule has 0 spiro atoms. The molecule has 0 aliphatic carbocycles. The van der Waals surface area contributed by atoms with Crippen LogP contribution in [0.3, 0.4) is 0 Å². The molecule has 0 bridgehead atoms. The number of hydrogen-bond donors (Lipinski definition) is 0. The maximum absolute atomic E-state index is 13.1. The Morgan fingerprint density at radius 3 is 2.93 bits per heavy atom. The SMILES string of the molecule is CCOC(=O)c1sc2ncn(Cc3cc(Cl)c4c(c3)OCCCO4)c(=O)c2c1C. The number of ether oxygens (including phenoxy) is 3. The van der Waals surface area contributed by atoms with Gasteiger partial charge in [0.1, 0.15) is 9.71 Å². The summed E-state index contributed by atoms with van der Waals surface area (Å²) in [5.41, 5.74) is 1.16. The highest BCUT2D eigenvalue weighted by Crippen LogP contribution is 2.38. The summed E-state index contributed by atoms with van der Waals surface area (Å²) in [5, 5.41) is 0.874. The minimum absolute atomic E-state index is 0.220. The van der Waals surface area contributed by atoms with Crippen molar-refractivity contribution in [2.24, 2.45) is 0 Å². The first-order chi connectivity index (χ1) is 14.0. The molecule has 9 heteroatoms. The Morgan fingerprint density at radius 2 is 2.14 bits per heavy atom. The lowest BCUT2D eigenvalue weighted by atomic mass is 10.2. The second-order valence-electron chi connectivity index (χ2n) is 6.59. The smallest absolute Gasteiger partial charge is 0.348 e. The minimum atomic E-state index is -0.436. The molecule has 3 aromatic rings. The quantitative estimate of drug-likeness (QED) is 0.581.